The lowest BCUT2D eigenvalue weighted by Crippen LogP contribution is -2.44. The number of amides is 1. The summed E-state index contributed by atoms with van der Waals surface area (Å²) in [5.41, 5.74) is -0.498. The van der Waals surface area contributed by atoms with Crippen molar-refractivity contribution in [2.24, 2.45) is 12.0 Å². The third-order valence-electron chi connectivity index (χ3n) is 4.57. The van der Waals surface area contributed by atoms with Crippen LogP contribution in [0.4, 0.5) is 4.79 Å². The minimum Gasteiger partial charge on any atom is -0.444 e. The minimum atomic E-state index is -0.498. The molecule has 1 amide bonds. The first-order chi connectivity index (χ1) is 13.7. The number of hydrogen-bond acceptors (Lipinski definition) is 6. The van der Waals surface area contributed by atoms with Crippen molar-refractivity contribution in [3.8, 4) is 0 Å². The van der Waals surface area contributed by atoms with Crippen LogP contribution in [0.5, 0.6) is 0 Å². The molecular weight excluding hydrogens is 517 g/mol. The van der Waals surface area contributed by atoms with E-state index in [0.29, 0.717) is 13.1 Å². The molecule has 11 heteroatoms. The highest BCUT2D eigenvalue weighted by molar-refractivity contribution is 14.0. The Labute approximate surface area is 201 Å². The predicted octanol–water partition coefficient (Wildman–Crippen LogP) is 2.54. The fourth-order valence-corrected chi connectivity index (χ4v) is 3.40. The van der Waals surface area contributed by atoms with Crippen molar-refractivity contribution in [1.29, 1.82) is 0 Å². The van der Waals surface area contributed by atoms with E-state index >= 15 is 0 Å². The van der Waals surface area contributed by atoms with Crippen molar-refractivity contribution >= 4 is 47.8 Å². The van der Waals surface area contributed by atoms with Crippen LogP contribution in [0.1, 0.15) is 45.3 Å². The SMILES string of the molecule is CSCCCNC(=NCc1nnc(C)n1C)N1CCC(NC(=O)OC(C)(C)C)C1.I. The number of hydrogen-bond donors (Lipinski definition) is 2. The summed E-state index contributed by atoms with van der Waals surface area (Å²) in [5, 5.41) is 14.7. The van der Waals surface area contributed by atoms with Gasteiger partial charge in [0.25, 0.3) is 0 Å². The summed E-state index contributed by atoms with van der Waals surface area (Å²) < 4.78 is 7.32. The van der Waals surface area contributed by atoms with Crippen LogP contribution >= 0.6 is 35.7 Å². The van der Waals surface area contributed by atoms with E-state index in [2.05, 4.69) is 32.0 Å². The van der Waals surface area contributed by atoms with E-state index in [9.17, 15) is 4.79 Å². The Morgan fingerprint density at radius 1 is 1.37 bits per heavy atom. The summed E-state index contributed by atoms with van der Waals surface area (Å²) in [5.74, 6) is 3.65. The number of aromatic nitrogens is 3. The number of carbonyl (C=O) groups excluding carboxylic acids is 1. The maximum atomic E-state index is 12.1. The van der Waals surface area contributed by atoms with Crippen molar-refractivity contribution in [3.05, 3.63) is 11.6 Å². The zero-order valence-electron chi connectivity index (χ0n) is 18.9. The number of nitrogens with zero attached hydrogens (tertiary/aromatic N) is 5. The normalized spacial score (nSPS) is 16.9. The van der Waals surface area contributed by atoms with Gasteiger partial charge in [-0.05, 0) is 52.5 Å². The summed E-state index contributed by atoms with van der Waals surface area (Å²) in [4.78, 5) is 19.0. The fraction of sp³-hybridized carbons (Fsp3) is 0.789. The fourth-order valence-electron chi connectivity index (χ4n) is 2.96. The third-order valence-corrected chi connectivity index (χ3v) is 5.27. The number of ether oxygens (including phenoxy) is 1. The second-order valence-electron chi connectivity index (χ2n) is 8.21. The Balaban J connectivity index is 0.00000450. The van der Waals surface area contributed by atoms with Gasteiger partial charge in [0, 0.05) is 26.7 Å². The lowest BCUT2D eigenvalue weighted by atomic mass is 10.2. The van der Waals surface area contributed by atoms with Crippen LogP contribution in [0.25, 0.3) is 0 Å². The smallest absolute Gasteiger partial charge is 0.407 e. The molecule has 2 N–H and O–H groups in total. The Bertz CT molecular complexity index is 706. The van der Waals surface area contributed by atoms with Crippen molar-refractivity contribution in [1.82, 2.24) is 30.3 Å². The van der Waals surface area contributed by atoms with Crippen molar-refractivity contribution < 1.29 is 9.53 Å². The van der Waals surface area contributed by atoms with Crippen molar-refractivity contribution in [3.63, 3.8) is 0 Å². The molecule has 1 fully saturated rings. The van der Waals surface area contributed by atoms with Crippen LogP contribution in [0.15, 0.2) is 4.99 Å². The molecule has 0 radical (unpaired) electrons. The average Bonchev–Trinajstić information content (AvgIpc) is 3.20. The monoisotopic (exact) mass is 553 g/mol. The summed E-state index contributed by atoms with van der Waals surface area (Å²) in [6, 6.07) is 0.0418. The maximum Gasteiger partial charge on any atom is 0.407 e. The first-order valence-corrected chi connectivity index (χ1v) is 11.5. The Morgan fingerprint density at radius 2 is 2.10 bits per heavy atom. The molecule has 0 aromatic carbocycles. The number of carbonyl (C=O) groups is 1. The van der Waals surface area contributed by atoms with Crippen LogP contribution < -0.4 is 10.6 Å². The first-order valence-electron chi connectivity index (χ1n) is 10.1. The second-order valence-corrected chi connectivity index (χ2v) is 9.20. The van der Waals surface area contributed by atoms with E-state index in [-0.39, 0.29) is 36.1 Å². The maximum absolute atomic E-state index is 12.1. The quantitative estimate of drug-likeness (QED) is 0.232. The Morgan fingerprint density at radius 3 is 2.70 bits per heavy atom. The lowest BCUT2D eigenvalue weighted by Gasteiger charge is -2.23. The Hall–Kier alpha value is -1.24. The van der Waals surface area contributed by atoms with Gasteiger partial charge in [0.1, 0.15) is 18.0 Å². The first kappa shape index (κ1) is 26.8. The molecule has 0 bridgehead atoms. The van der Waals surface area contributed by atoms with Crippen LogP contribution in [0.2, 0.25) is 0 Å². The molecule has 1 unspecified atom stereocenters. The number of aliphatic imine (C=N–C) groups is 1. The molecule has 1 atom stereocenters. The minimum absolute atomic E-state index is 0. The van der Waals surface area contributed by atoms with Crippen LogP contribution in [0.3, 0.4) is 0 Å². The highest BCUT2D eigenvalue weighted by Gasteiger charge is 2.28. The number of likely N-dealkylation sites (tertiary alicyclic amines) is 1. The summed E-state index contributed by atoms with van der Waals surface area (Å²) in [7, 11) is 1.95. The van der Waals surface area contributed by atoms with Gasteiger partial charge in [0.2, 0.25) is 0 Å². The zero-order valence-corrected chi connectivity index (χ0v) is 22.0. The van der Waals surface area contributed by atoms with Crippen LogP contribution in [-0.4, -0.2) is 75.0 Å². The van der Waals surface area contributed by atoms with E-state index < -0.39 is 5.60 Å². The molecule has 0 spiro atoms. The lowest BCUT2D eigenvalue weighted by molar-refractivity contribution is 0.0507. The third kappa shape index (κ3) is 8.86. The van der Waals surface area contributed by atoms with Crippen LogP contribution in [-0.2, 0) is 18.3 Å². The molecule has 1 aromatic rings. The van der Waals surface area contributed by atoms with E-state index in [1.807, 2.05) is 51.1 Å². The number of rotatable bonds is 7. The molecular formula is C19H36IN7O2S. The molecule has 2 heterocycles. The molecule has 0 saturated carbocycles. The van der Waals surface area contributed by atoms with Gasteiger partial charge in [-0.15, -0.1) is 34.2 Å². The van der Waals surface area contributed by atoms with Gasteiger partial charge in [-0.3, -0.25) is 0 Å². The number of halogens is 1. The second kappa shape index (κ2) is 12.6. The topological polar surface area (TPSA) is 96.7 Å². The molecule has 9 nitrogen and oxygen atoms in total. The van der Waals surface area contributed by atoms with E-state index in [1.165, 1.54) is 0 Å². The summed E-state index contributed by atoms with van der Waals surface area (Å²) in [6.07, 6.45) is 3.66. The largest absolute Gasteiger partial charge is 0.444 e. The average molecular weight is 554 g/mol. The number of thioether (sulfide) groups is 1. The van der Waals surface area contributed by atoms with E-state index in [1.54, 1.807) is 0 Å². The zero-order chi connectivity index (χ0) is 21.4. The Kier molecular flexibility index (Phi) is 11.2. The molecule has 2 rings (SSSR count). The van der Waals surface area contributed by atoms with Gasteiger partial charge in [-0.1, -0.05) is 0 Å². The standard InChI is InChI=1S/C19H35N7O2S.HI/c1-14-23-24-16(25(14)5)12-21-17(20-9-7-11-29-6)26-10-8-15(13-26)22-18(27)28-19(2,3)4;/h15H,7-13H2,1-6H3,(H,20,21)(H,22,27);1H. The van der Waals surface area contributed by atoms with Crippen LogP contribution in [0, 0.1) is 6.92 Å². The van der Waals surface area contributed by atoms with Gasteiger partial charge in [-0.2, -0.15) is 11.8 Å². The molecule has 0 aliphatic carbocycles. The highest BCUT2D eigenvalue weighted by atomic mass is 127. The van der Waals surface area contributed by atoms with Crippen molar-refractivity contribution in [2.45, 2.75) is 58.7 Å². The number of alkyl carbamates (subject to hydrolysis) is 1. The molecule has 30 heavy (non-hydrogen) atoms. The van der Waals surface area contributed by atoms with E-state index in [0.717, 1.165) is 49.3 Å². The molecule has 1 aliphatic rings. The molecule has 1 aromatic heterocycles. The van der Waals surface area contributed by atoms with Gasteiger partial charge in [0.15, 0.2) is 11.8 Å². The van der Waals surface area contributed by atoms with E-state index in [4.69, 9.17) is 9.73 Å². The van der Waals surface area contributed by atoms with Crippen molar-refractivity contribution in [2.75, 3.05) is 31.6 Å². The summed E-state index contributed by atoms with van der Waals surface area (Å²) >= 11 is 1.84. The molecule has 1 saturated heterocycles. The predicted molar refractivity (Wildman–Crippen MR) is 133 cm³/mol. The molecule has 172 valence electrons. The number of aryl methyl sites for hydroxylation is 1. The van der Waals surface area contributed by atoms with Gasteiger partial charge < -0.3 is 24.8 Å². The number of nitrogens with one attached hydrogen (secondary N) is 2. The van der Waals surface area contributed by atoms with Gasteiger partial charge in [0.05, 0.1) is 6.04 Å². The molecule has 1 aliphatic heterocycles. The van der Waals surface area contributed by atoms with Gasteiger partial charge in [-0.25, -0.2) is 9.79 Å². The summed E-state index contributed by atoms with van der Waals surface area (Å²) in [6.45, 7) is 10.4. The highest BCUT2D eigenvalue weighted by Crippen LogP contribution is 2.13. The number of guanidine groups is 1. The van der Waals surface area contributed by atoms with Gasteiger partial charge >= 0.3 is 6.09 Å².